The van der Waals surface area contributed by atoms with Gasteiger partial charge in [-0.1, -0.05) is 13.8 Å². The zero-order valence-corrected chi connectivity index (χ0v) is 12.6. The second-order valence-corrected chi connectivity index (χ2v) is 6.82. The van der Waals surface area contributed by atoms with E-state index in [0.717, 1.165) is 25.6 Å². The molecule has 1 heterocycles. The highest BCUT2D eigenvalue weighted by atomic mass is 15.3. The van der Waals surface area contributed by atoms with E-state index in [0.29, 0.717) is 6.04 Å². The van der Waals surface area contributed by atoms with Gasteiger partial charge in [-0.3, -0.25) is 4.90 Å². The van der Waals surface area contributed by atoms with Crippen LogP contribution in [0.2, 0.25) is 0 Å². The molecule has 3 heteroatoms. The molecule has 0 aromatic carbocycles. The van der Waals surface area contributed by atoms with Crippen molar-refractivity contribution < 1.29 is 0 Å². The molecule has 0 bridgehead atoms. The molecule has 0 amide bonds. The molecule has 0 aromatic heterocycles. The van der Waals surface area contributed by atoms with Gasteiger partial charge in [-0.2, -0.15) is 0 Å². The Balaban J connectivity index is 2.55. The second kappa shape index (κ2) is 6.17. The standard InChI is InChI=1S/C14H31N3/c1-12(2)9-13-10-15-14(3,4)11-17(13)8-7-16(5)6/h12-13,15H,7-11H2,1-6H3. The summed E-state index contributed by atoms with van der Waals surface area (Å²) in [5.41, 5.74) is 0.264. The van der Waals surface area contributed by atoms with Crippen molar-refractivity contribution >= 4 is 0 Å². The lowest BCUT2D eigenvalue weighted by Crippen LogP contribution is -2.62. The van der Waals surface area contributed by atoms with E-state index in [9.17, 15) is 0 Å². The van der Waals surface area contributed by atoms with Crippen LogP contribution >= 0.6 is 0 Å². The van der Waals surface area contributed by atoms with Gasteiger partial charge >= 0.3 is 0 Å². The minimum Gasteiger partial charge on any atom is -0.309 e. The maximum atomic E-state index is 3.68. The van der Waals surface area contributed by atoms with Gasteiger partial charge in [-0.05, 0) is 40.3 Å². The summed E-state index contributed by atoms with van der Waals surface area (Å²) in [7, 11) is 4.32. The van der Waals surface area contributed by atoms with Gasteiger partial charge in [0.1, 0.15) is 0 Å². The van der Waals surface area contributed by atoms with Gasteiger partial charge < -0.3 is 10.2 Å². The zero-order chi connectivity index (χ0) is 13.1. The molecule has 1 unspecified atom stereocenters. The van der Waals surface area contributed by atoms with Crippen molar-refractivity contribution in [3.8, 4) is 0 Å². The molecule has 1 N–H and O–H groups in total. The molecule has 0 saturated carbocycles. The average Bonchev–Trinajstić information content (AvgIpc) is 2.17. The van der Waals surface area contributed by atoms with Crippen LogP contribution in [-0.2, 0) is 0 Å². The minimum absolute atomic E-state index is 0.264. The van der Waals surface area contributed by atoms with Gasteiger partial charge in [0.2, 0.25) is 0 Å². The van der Waals surface area contributed by atoms with Gasteiger partial charge in [0.15, 0.2) is 0 Å². The monoisotopic (exact) mass is 241 g/mol. The summed E-state index contributed by atoms with van der Waals surface area (Å²) in [6.07, 6.45) is 1.30. The highest BCUT2D eigenvalue weighted by Gasteiger charge is 2.32. The zero-order valence-electron chi connectivity index (χ0n) is 12.6. The summed E-state index contributed by atoms with van der Waals surface area (Å²) in [6, 6.07) is 0.711. The van der Waals surface area contributed by atoms with Crippen LogP contribution in [0, 0.1) is 5.92 Å². The number of rotatable bonds is 5. The minimum atomic E-state index is 0.264. The van der Waals surface area contributed by atoms with Crippen LogP contribution < -0.4 is 5.32 Å². The van der Waals surface area contributed by atoms with Crippen LogP contribution in [-0.4, -0.2) is 61.7 Å². The third kappa shape index (κ3) is 5.36. The Labute approximate surface area is 108 Å². The fraction of sp³-hybridized carbons (Fsp3) is 1.00. The van der Waals surface area contributed by atoms with Crippen LogP contribution in [0.1, 0.15) is 34.1 Å². The van der Waals surface area contributed by atoms with Gasteiger partial charge in [0.25, 0.3) is 0 Å². The summed E-state index contributed by atoms with van der Waals surface area (Å²) >= 11 is 0. The third-order valence-corrected chi connectivity index (χ3v) is 3.51. The predicted octanol–water partition coefficient (Wildman–Crippen LogP) is 1.65. The Morgan fingerprint density at radius 3 is 2.53 bits per heavy atom. The first kappa shape index (κ1) is 14.9. The summed E-state index contributed by atoms with van der Waals surface area (Å²) < 4.78 is 0. The van der Waals surface area contributed by atoms with Crippen molar-refractivity contribution in [2.45, 2.75) is 45.7 Å². The van der Waals surface area contributed by atoms with E-state index < -0.39 is 0 Å². The van der Waals surface area contributed by atoms with E-state index in [1.54, 1.807) is 0 Å². The summed E-state index contributed by atoms with van der Waals surface area (Å²) in [5.74, 6) is 0.782. The average molecular weight is 241 g/mol. The van der Waals surface area contributed by atoms with Gasteiger partial charge in [0.05, 0.1) is 0 Å². The first-order valence-corrected chi connectivity index (χ1v) is 6.94. The van der Waals surface area contributed by atoms with E-state index in [1.807, 2.05) is 0 Å². The van der Waals surface area contributed by atoms with Crippen molar-refractivity contribution in [1.29, 1.82) is 0 Å². The molecule has 102 valence electrons. The van der Waals surface area contributed by atoms with E-state index >= 15 is 0 Å². The molecule has 1 aliphatic rings. The second-order valence-electron chi connectivity index (χ2n) is 6.82. The van der Waals surface area contributed by atoms with Crippen molar-refractivity contribution in [3.05, 3.63) is 0 Å². The molecular formula is C14H31N3. The SMILES string of the molecule is CC(C)CC1CNC(C)(C)CN1CCN(C)C. The molecule has 1 aliphatic heterocycles. The molecule has 0 aliphatic carbocycles. The molecular weight excluding hydrogens is 210 g/mol. The molecule has 1 rings (SSSR count). The van der Waals surface area contributed by atoms with Crippen LogP contribution in [0.15, 0.2) is 0 Å². The molecule has 1 atom stereocenters. The molecule has 0 spiro atoms. The van der Waals surface area contributed by atoms with Crippen molar-refractivity contribution in [3.63, 3.8) is 0 Å². The Bertz CT molecular complexity index is 224. The number of likely N-dealkylation sites (N-methyl/N-ethyl adjacent to an activating group) is 1. The first-order valence-electron chi connectivity index (χ1n) is 6.94. The smallest absolute Gasteiger partial charge is 0.0252 e. The van der Waals surface area contributed by atoms with Crippen molar-refractivity contribution in [2.24, 2.45) is 5.92 Å². The predicted molar refractivity (Wildman–Crippen MR) is 75.5 cm³/mol. The lowest BCUT2D eigenvalue weighted by molar-refractivity contribution is 0.0766. The number of hydrogen-bond acceptors (Lipinski definition) is 3. The van der Waals surface area contributed by atoms with E-state index in [-0.39, 0.29) is 5.54 Å². The number of piperazine rings is 1. The molecule has 17 heavy (non-hydrogen) atoms. The van der Waals surface area contributed by atoms with Crippen LogP contribution in [0.25, 0.3) is 0 Å². The van der Waals surface area contributed by atoms with Gasteiger partial charge in [0, 0.05) is 37.8 Å². The molecule has 1 saturated heterocycles. The maximum Gasteiger partial charge on any atom is 0.0252 e. The van der Waals surface area contributed by atoms with Crippen LogP contribution in [0.5, 0.6) is 0 Å². The van der Waals surface area contributed by atoms with E-state index in [2.05, 4.69) is 56.9 Å². The molecule has 1 fully saturated rings. The number of hydrogen-bond donors (Lipinski definition) is 1. The Kier molecular flexibility index (Phi) is 5.42. The van der Waals surface area contributed by atoms with E-state index in [1.165, 1.54) is 13.0 Å². The lowest BCUT2D eigenvalue weighted by Gasteiger charge is -2.45. The Hall–Kier alpha value is -0.120. The lowest BCUT2D eigenvalue weighted by atomic mass is 9.94. The first-order chi connectivity index (χ1) is 7.80. The van der Waals surface area contributed by atoms with Crippen molar-refractivity contribution in [1.82, 2.24) is 15.1 Å². The van der Waals surface area contributed by atoms with Crippen LogP contribution in [0.4, 0.5) is 0 Å². The number of nitrogens with zero attached hydrogens (tertiary/aromatic N) is 2. The Morgan fingerprint density at radius 1 is 1.35 bits per heavy atom. The molecule has 0 radical (unpaired) electrons. The summed E-state index contributed by atoms with van der Waals surface area (Å²) in [4.78, 5) is 4.96. The molecule has 3 nitrogen and oxygen atoms in total. The highest BCUT2D eigenvalue weighted by Crippen LogP contribution is 2.19. The van der Waals surface area contributed by atoms with Crippen LogP contribution in [0.3, 0.4) is 0 Å². The third-order valence-electron chi connectivity index (χ3n) is 3.51. The maximum absolute atomic E-state index is 3.68. The quantitative estimate of drug-likeness (QED) is 0.789. The fourth-order valence-corrected chi connectivity index (χ4v) is 2.58. The number of nitrogens with one attached hydrogen (secondary N) is 1. The summed E-state index contributed by atoms with van der Waals surface area (Å²) in [6.45, 7) is 13.9. The highest BCUT2D eigenvalue weighted by molar-refractivity contribution is 4.92. The van der Waals surface area contributed by atoms with Gasteiger partial charge in [-0.25, -0.2) is 0 Å². The fourth-order valence-electron chi connectivity index (χ4n) is 2.58. The largest absolute Gasteiger partial charge is 0.309 e. The summed E-state index contributed by atoms with van der Waals surface area (Å²) in [5, 5.41) is 3.68. The molecule has 0 aromatic rings. The normalized spacial score (nSPS) is 25.8. The Morgan fingerprint density at radius 2 is 2.00 bits per heavy atom. The van der Waals surface area contributed by atoms with E-state index in [4.69, 9.17) is 0 Å². The van der Waals surface area contributed by atoms with Crippen molar-refractivity contribution in [2.75, 3.05) is 40.3 Å². The van der Waals surface area contributed by atoms with Gasteiger partial charge in [-0.15, -0.1) is 0 Å². The topological polar surface area (TPSA) is 18.5 Å².